The lowest BCUT2D eigenvalue weighted by Crippen LogP contribution is -2.01. The largest absolute Gasteiger partial charge is 0.497 e. The van der Waals surface area contributed by atoms with Gasteiger partial charge in [-0.1, -0.05) is 0 Å². The highest BCUT2D eigenvalue weighted by molar-refractivity contribution is 7.18. The van der Waals surface area contributed by atoms with Crippen LogP contribution in [-0.4, -0.2) is 22.8 Å². The van der Waals surface area contributed by atoms with Crippen LogP contribution in [-0.2, 0) is 0 Å². The first-order valence-corrected chi connectivity index (χ1v) is 8.07. The summed E-state index contributed by atoms with van der Waals surface area (Å²) in [5.41, 5.74) is 6.19. The van der Waals surface area contributed by atoms with Gasteiger partial charge in [-0.3, -0.25) is 5.43 Å². The molecule has 118 valence electrons. The molecule has 2 aromatic heterocycles. The van der Waals surface area contributed by atoms with Crippen molar-refractivity contribution in [3.8, 4) is 5.75 Å². The van der Waals surface area contributed by atoms with E-state index in [9.17, 15) is 0 Å². The summed E-state index contributed by atoms with van der Waals surface area (Å²) in [7, 11) is 1.66. The number of nitrogens with zero attached hydrogens (tertiary/aromatic N) is 3. The summed E-state index contributed by atoms with van der Waals surface area (Å²) in [6.45, 7) is 6.14. The molecule has 0 radical (unpaired) electrons. The zero-order valence-electron chi connectivity index (χ0n) is 13.5. The molecular weight excluding hydrogens is 308 g/mol. The number of nitrogens with one attached hydrogen (secondary N) is 1. The monoisotopic (exact) mass is 326 g/mol. The van der Waals surface area contributed by atoms with Crippen molar-refractivity contribution in [3.63, 3.8) is 0 Å². The Kier molecular flexibility index (Phi) is 4.25. The van der Waals surface area contributed by atoms with E-state index < -0.39 is 0 Å². The summed E-state index contributed by atoms with van der Waals surface area (Å²) in [4.78, 5) is 10.9. The summed E-state index contributed by atoms with van der Waals surface area (Å²) >= 11 is 1.67. The summed E-state index contributed by atoms with van der Waals surface area (Å²) in [5, 5.41) is 5.50. The van der Waals surface area contributed by atoms with Crippen molar-refractivity contribution < 1.29 is 4.74 Å². The first-order chi connectivity index (χ1) is 11.1. The number of benzene rings is 1. The molecule has 0 saturated carbocycles. The highest BCUT2D eigenvalue weighted by Crippen LogP contribution is 2.32. The summed E-state index contributed by atoms with van der Waals surface area (Å²) in [5.74, 6) is 1.57. The zero-order valence-corrected chi connectivity index (χ0v) is 14.4. The molecule has 0 spiro atoms. The van der Waals surface area contributed by atoms with Crippen LogP contribution in [0.3, 0.4) is 0 Å². The Hall–Kier alpha value is -2.47. The van der Waals surface area contributed by atoms with Gasteiger partial charge < -0.3 is 4.74 Å². The van der Waals surface area contributed by atoms with Gasteiger partial charge in [0.25, 0.3) is 0 Å². The van der Waals surface area contributed by atoms with Crippen molar-refractivity contribution in [1.82, 2.24) is 9.97 Å². The van der Waals surface area contributed by atoms with Gasteiger partial charge in [0.05, 0.1) is 18.2 Å². The van der Waals surface area contributed by atoms with Gasteiger partial charge >= 0.3 is 0 Å². The Morgan fingerprint density at radius 3 is 2.61 bits per heavy atom. The molecule has 0 aliphatic rings. The number of hydrogen-bond donors (Lipinski definition) is 1. The molecule has 0 bridgehead atoms. The van der Waals surface area contributed by atoms with Gasteiger partial charge in [-0.05, 0) is 56.2 Å². The number of hydrazone groups is 1. The van der Waals surface area contributed by atoms with Crippen LogP contribution in [0.25, 0.3) is 10.2 Å². The number of aryl methyl sites for hydroxylation is 2. The smallest absolute Gasteiger partial charge is 0.158 e. The third-order valence-corrected chi connectivity index (χ3v) is 4.92. The number of ether oxygens (including phenoxy) is 1. The van der Waals surface area contributed by atoms with E-state index in [1.807, 2.05) is 31.2 Å². The van der Waals surface area contributed by atoms with Crippen LogP contribution < -0.4 is 10.2 Å². The normalized spacial score (nSPS) is 11.7. The number of rotatable bonds is 4. The zero-order chi connectivity index (χ0) is 16.4. The van der Waals surface area contributed by atoms with Crippen LogP contribution in [0.2, 0.25) is 0 Å². The maximum Gasteiger partial charge on any atom is 0.158 e. The maximum absolute atomic E-state index is 5.17. The predicted molar refractivity (Wildman–Crippen MR) is 95.7 cm³/mol. The molecule has 3 aromatic rings. The van der Waals surface area contributed by atoms with Crippen molar-refractivity contribution in [2.45, 2.75) is 20.8 Å². The molecule has 5 nitrogen and oxygen atoms in total. The number of fused-ring (bicyclic) bond motifs is 1. The minimum Gasteiger partial charge on any atom is -0.497 e. The Morgan fingerprint density at radius 2 is 1.91 bits per heavy atom. The second-order valence-corrected chi connectivity index (χ2v) is 6.43. The van der Waals surface area contributed by atoms with Crippen LogP contribution in [0, 0.1) is 13.8 Å². The van der Waals surface area contributed by atoms with Gasteiger partial charge in [0.1, 0.15) is 16.9 Å². The quantitative estimate of drug-likeness (QED) is 0.578. The second kappa shape index (κ2) is 6.34. The highest BCUT2D eigenvalue weighted by Gasteiger charge is 2.11. The number of thiophene rings is 1. The van der Waals surface area contributed by atoms with Crippen LogP contribution >= 0.6 is 11.3 Å². The molecule has 2 heterocycles. The third kappa shape index (κ3) is 3.03. The van der Waals surface area contributed by atoms with E-state index in [4.69, 9.17) is 4.74 Å². The van der Waals surface area contributed by atoms with Gasteiger partial charge in [-0.2, -0.15) is 5.10 Å². The molecule has 0 fully saturated rings. The molecule has 6 heteroatoms. The lowest BCUT2D eigenvalue weighted by molar-refractivity contribution is 0.415. The Labute approximate surface area is 139 Å². The SMILES string of the molecule is COc1ccc(/C(C)=N\Nc2ncnc3sc(C)c(C)c23)cc1. The highest BCUT2D eigenvalue weighted by atomic mass is 32.1. The van der Waals surface area contributed by atoms with Crippen molar-refractivity contribution in [2.24, 2.45) is 5.10 Å². The fourth-order valence-corrected chi connectivity index (χ4v) is 3.30. The molecule has 0 aliphatic carbocycles. The van der Waals surface area contributed by atoms with Gasteiger partial charge in [0.2, 0.25) is 0 Å². The molecule has 0 saturated heterocycles. The molecule has 23 heavy (non-hydrogen) atoms. The number of aromatic nitrogens is 2. The Bertz CT molecular complexity index is 868. The average Bonchev–Trinajstić information content (AvgIpc) is 2.88. The van der Waals surface area contributed by atoms with E-state index in [1.54, 1.807) is 24.8 Å². The minimum absolute atomic E-state index is 0.740. The second-order valence-electron chi connectivity index (χ2n) is 5.22. The first-order valence-electron chi connectivity index (χ1n) is 7.25. The molecule has 0 unspecified atom stereocenters. The average molecular weight is 326 g/mol. The van der Waals surface area contributed by atoms with Crippen molar-refractivity contribution in [2.75, 3.05) is 12.5 Å². The van der Waals surface area contributed by atoms with E-state index in [1.165, 1.54) is 10.4 Å². The molecule has 0 aliphatic heterocycles. The number of hydrogen-bond acceptors (Lipinski definition) is 6. The van der Waals surface area contributed by atoms with Crippen LogP contribution in [0.15, 0.2) is 35.7 Å². The molecule has 0 atom stereocenters. The topological polar surface area (TPSA) is 59.4 Å². The summed E-state index contributed by atoms with van der Waals surface area (Å²) in [6.07, 6.45) is 1.57. The third-order valence-electron chi connectivity index (χ3n) is 3.80. The van der Waals surface area contributed by atoms with Gasteiger partial charge in [-0.15, -0.1) is 11.3 Å². The molecule has 3 rings (SSSR count). The number of anilines is 1. The lowest BCUT2D eigenvalue weighted by Gasteiger charge is -2.05. The fraction of sp³-hybridized carbons (Fsp3) is 0.235. The molecule has 0 amide bonds. The van der Waals surface area contributed by atoms with E-state index in [0.29, 0.717) is 0 Å². The molecular formula is C17H18N4OS. The fourth-order valence-electron chi connectivity index (χ4n) is 2.30. The molecule has 1 aromatic carbocycles. The predicted octanol–water partition coefficient (Wildman–Crippen LogP) is 4.15. The Balaban J connectivity index is 1.89. The summed E-state index contributed by atoms with van der Waals surface area (Å²) < 4.78 is 5.17. The van der Waals surface area contributed by atoms with E-state index in [2.05, 4.69) is 34.3 Å². The molecule has 1 N–H and O–H groups in total. The minimum atomic E-state index is 0.740. The van der Waals surface area contributed by atoms with E-state index in [-0.39, 0.29) is 0 Å². The maximum atomic E-state index is 5.17. The number of methoxy groups -OCH3 is 1. The van der Waals surface area contributed by atoms with Gasteiger partial charge in [-0.25, -0.2) is 9.97 Å². The lowest BCUT2D eigenvalue weighted by atomic mass is 10.1. The summed E-state index contributed by atoms with van der Waals surface area (Å²) in [6, 6.07) is 7.80. The van der Waals surface area contributed by atoms with Crippen LogP contribution in [0.4, 0.5) is 5.82 Å². The van der Waals surface area contributed by atoms with Crippen LogP contribution in [0.5, 0.6) is 5.75 Å². The first kappa shape index (κ1) is 15.4. The van der Waals surface area contributed by atoms with Crippen LogP contribution in [0.1, 0.15) is 22.9 Å². The standard InChI is InChI=1S/C17H18N4OS/c1-10-12(3)23-17-15(10)16(18-9-19-17)21-20-11(2)13-5-7-14(22-4)8-6-13/h5-9H,1-4H3,(H,18,19,21)/b20-11-. The van der Waals surface area contributed by atoms with Crippen molar-refractivity contribution in [1.29, 1.82) is 0 Å². The van der Waals surface area contributed by atoms with E-state index >= 15 is 0 Å². The van der Waals surface area contributed by atoms with Crippen molar-refractivity contribution in [3.05, 3.63) is 46.6 Å². The van der Waals surface area contributed by atoms with Crippen molar-refractivity contribution >= 4 is 33.1 Å². The van der Waals surface area contributed by atoms with E-state index in [0.717, 1.165) is 33.1 Å². The van der Waals surface area contributed by atoms with Gasteiger partial charge in [0, 0.05) is 4.88 Å². The Morgan fingerprint density at radius 1 is 1.17 bits per heavy atom. The van der Waals surface area contributed by atoms with Gasteiger partial charge in [0.15, 0.2) is 5.82 Å².